The number of carbonyl (C=O) groups excluding carboxylic acids is 2. The van der Waals surface area contributed by atoms with E-state index in [0.717, 1.165) is 35.4 Å². The molecule has 2 heterocycles. The van der Waals surface area contributed by atoms with Crippen LogP contribution in [0.5, 0.6) is 0 Å². The molecule has 1 aliphatic heterocycles. The van der Waals surface area contributed by atoms with Gasteiger partial charge in [0.25, 0.3) is 5.91 Å². The minimum atomic E-state index is -0.455. The van der Waals surface area contributed by atoms with Crippen molar-refractivity contribution in [3.63, 3.8) is 0 Å². The number of rotatable bonds is 3. The van der Waals surface area contributed by atoms with Crippen molar-refractivity contribution in [1.29, 1.82) is 0 Å². The lowest BCUT2D eigenvalue weighted by molar-refractivity contribution is -0.116. The van der Waals surface area contributed by atoms with Gasteiger partial charge in [0.2, 0.25) is 0 Å². The first-order chi connectivity index (χ1) is 13.9. The van der Waals surface area contributed by atoms with E-state index in [-0.39, 0.29) is 11.7 Å². The van der Waals surface area contributed by atoms with Crippen molar-refractivity contribution in [2.75, 3.05) is 5.32 Å². The van der Waals surface area contributed by atoms with Gasteiger partial charge < -0.3 is 10.6 Å². The van der Waals surface area contributed by atoms with E-state index in [2.05, 4.69) is 15.6 Å². The smallest absolute Gasteiger partial charge is 0.255 e. The van der Waals surface area contributed by atoms with Crippen LogP contribution < -0.4 is 10.6 Å². The number of pyridine rings is 1. The highest BCUT2D eigenvalue weighted by Crippen LogP contribution is 2.42. The van der Waals surface area contributed by atoms with E-state index < -0.39 is 5.92 Å². The fourth-order valence-electron chi connectivity index (χ4n) is 4.03. The summed E-state index contributed by atoms with van der Waals surface area (Å²) in [5.41, 5.74) is 4.69. The third-order valence-electron chi connectivity index (χ3n) is 5.36. The summed E-state index contributed by atoms with van der Waals surface area (Å²) in [5.74, 6) is -0.181. The molecule has 0 unspecified atom stereocenters. The largest absolute Gasteiger partial charge is 0.362 e. The van der Waals surface area contributed by atoms with Crippen LogP contribution in [0.25, 0.3) is 0 Å². The molecule has 1 aliphatic carbocycles. The maximum atomic E-state index is 13.3. The number of carbonyl (C=O) groups is 2. The molecule has 0 saturated heterocycles. The third kappa shape index (κ3) is 3.83. The summed E-state index contributed by atoms with van der Waals surface area (Å²) in [7, 11) is 0. The Morgan fingerprint density at radius 1 is 1.21 bits per heavy atom. The number of benzene rings is 1. The fraction of sp³-hybridized carbons (Fsp3) is 0.261. The molecule has 29 heavy (non-hydrogen) atoms. The number of anilines is 1. The first-order valence-electron chi connectivity index (χ1n) is 9.67. The van der Waals surface area contributed by atoms with Crippen molar-refractivity contribution in [2.45, 2.75) is 39.0 Å². The maximum Gasteiger partial charge on any atom is 0.255 e. The van der Waals surface area contributed by atoms with Crippen LogP contribution in [0.3, 0.4) is 0 Å². The van der Waals surface area contributed by atoms with Crippen LogP contribution in [0.2, 0.25) is 5.02 Å². The topological polar surface area (TPSA) is 71.1 Å². The van der Waals surface area contributed by atoms with E-state index >= 15 is 0 Å². The predicted molar refractivity (Wildman–Crippen MR) is 114 cm³/mol. The van der Waals surface area contributed by atoms with Crippen LogP contribution in [-0.4, -0.2) is 16.7 Å². The molecule has 2 aromatic rings. The van der Waals surface area contributed by atoms with Gasteiger partial charge in [0.05, 0.1) is 0 Å². The summed E-state index contributed by atoms with van der Waals surface area (Å²) < 4.78 is 0. The lowest BCUT2D eigenvalue weighted by Gasteiger charge is -2.34. The number of nitrogens with one attached hydrogen (secondary N) is 2. The lowest BCUT2D eigenvalue weighted by atomic mass is 9.75. The van der Waals surface area contributed by atoms with Gasteiger partial charge in [-0.1, -0.05) is 29.8 Å². The number of dihydropyridines is 1. The van der Waals surface area contributed by atoms with E-state index in [1.54, 1.807) is 18.3 Å². The third-order valence-corrected chi connectivity index (χ3v) is 5.59. The Bertz CT molecular complexity index is 1050. The Kier molecular flexibility index (Phi) is 5.24. The normalized spacial score (nSPS) is 19.0. The lowest BCUT2D eigenvalue weighted by Crippen LogP contribution is -2.35. The maximum absolute atomic E-state index is 13.3. The molecule has 1 aromatic carbocycles. The Morgan fingerprint density at radius 2 is 2.03 bits per heavy atom. The first-order valence-corrected chi connectivity index (χ1v) is 10.1. The number of ketones is 1. The molecule has 5 nitrogen and oxygen atoms in total. The minimum absolute atomic E-state index is 0.0787. The highest BCUT2D eigenvalue weighted by atomic mass is 35.5. The van der Waals surface area contributed by atoms with Gasteiger partial charge in [-0.15, -0.1) is 0 Å². The summed E-state index contributed by atoms with van der Waals surface area (Å²) >= 11 is 6.24. The number of hydrogen-bond acceptors (Lipinski definition) is 4. The summed E-state index contributed by atoms with van der Waals surface area (Å²) in [6.45, 7) is 3.81. The van der Waals surface area contributed by atoms with E-state index in [9.17, 15) is 9.59 Å². The fourth-order valence-corrected chi connectivity index (χ4v) is 4.23. The Morgan fingerprint density at radius 3 is 2.76 bits per heavy atom. The molecule has 1 amide bonds. The molecule has 2 aliphatic rings. The molecule has 1 atom stereocenters. The number of amides is 1. The highest BCUT2D eigenvalue weighted by molar-refractivity contribution is 6.30. The zero-order chi connectivity index (χ0) is 20.5. The number of halogens is 1. The molecule has 0 spiro atoms. The van der Waals surface area contributed by atoms with Crippen molar-refractivity contribution in [2.24, 2.45) is 0 Å². The van der Waals surface area contributed by atoms with Crippen molar-refractivity contribution in [1.82, 2.24) is 10.3 Å². The van der Waals surface area contributed by atoms with E-state index in [1.165, 1.54) is 0 Å². The van der Waals surface area contributed by atoms with Crippen molar-refractivity contribution in [3.8, 4) is 0 Å². The number of Topliss-reactive ketones (excluding diaryl/α,β-unsaturated/α-hetero) is 1. The van der Waals surface area contributed by atoms with Crippen LogP contribution >= 0.6 is 11.6 Å². The van der Waals surface area contributed by atoms with Crippen LogP contribution in [0.4, 0.5) is 5.82 Å². The average Bonchev–Trinajstić information content (AvgIpc) is 2.69. The van der Waals surface area contributed by atoms with Crippen LogP contribution in [0.15, 0.2) is 65.1 Å². The number of hydrogen-bond donors (Lipinski definition) is 2. The highest BCUT2D eigenvalue weighted by Gasteiger charge is 2.38. The monoisotopic (exact) mass is 407 g/mol. The van der Waals surface area contributed by atoms with Gasteiger partial charge in [-0.25, -0.2) is 4.98 Å². The number of aromatic nitrogens is 1. The Hall–Kier alpha value is -2.92. The molecule has 4 rings (SSSR count). The van der Waals surface area contributed by atoms with Gasteiger partial charge in [-0.2, -0.15) is 0 Å². The molecule has 0 fully saturated rings. The second-order valence-corrected chi connectivity index (χ2v) is 7.93. The molecular formula is C23H22ClN3O2. The van der Waals surface area contributed by atoms with Crippen LogP contribution in [-0.2, 0) is 9.59 Å². The predicted octanol–water partition coefficient (Wildman–Crippen LogP) is 4.65. The molecule has 0 bridgehead atoms. The standard InChI is InChI=1S/C23H22ClN3O2/c1-13-9-10-19(25-12-13)27-23(29)20-14(2)26-17-7-4-8-18(28)22(17)21(20)15-5-3-6-16(24)11-15/h3,5-6,9-12,21,26H,4,7-8H2,1-2H3,(H,25,27,29)/t21-/m1/s1. The van der Waals surface area contributed by atoms with Crippen LogP contribution in [0.1, 0.15) is 43.2 Å². The zero-order valence-electron chi connectivity index (χ0n) is 16.4. The van der Waals surface area contributed by atoms with E-state index in [1.807, 2.05) is 38.1 Å². The molecule has 0 saturated carbocycles. The SMILES string of the molecule is CC1=C(C(=O)Nc2ccc(C)cn2)[C@@H](c2cccc(Cl)c2)C2=C(CCCC2=O)N1. The van der Waals surface area contributed by atoms with E-state index in [0.29, 0.717) is 28.4 Å². The summed E-state index contributed by atoms with van der Waals surface area (Å²) in [6, 6.07) is 11.0. The van der Waals surface area contributed by atoms with Gasteiger partial charge in [0, 0.05) is 46.1 Å². The summed E-state index contributed by atoms with van der Waals surface area (Å²) in [6.07, 6.45) is 3.81. The number of allylic oxidation sites excluding steroid dienone is 3. The van der Waals surface area contributed by atoms with Gasteiger partial charge in [-0.3, -0.25) is 9.59 Å². The summed E-state index contributed by atoms with van der Waals surface area (Å²) in [4.78, 5) is 30.4. The van der Waals surface area contributed by atoms with Crippen molar-refractivity contribution < 1.29 is 9.59 Å². The second-order valence-electron chi connectivity index (χ2n) is 7.50. The second kappa shape index (κ2) is 7.84. The molecule has 0 radical (unpaired) electrons. The Balaban J connectivity index is 1.78. The molecule has 2 N–H and O–H groups in total. The first kappa shape index (κ1) is 19.4. The average molecular weight is 408 g/mol. The van der Waals surface area contributed by atoms with Crippen LogP contribution in [0, 0.1) is 6.92 Å². The molecule has 1 aromatic heterocycles. The molecule has 148 valence electrons. The van der Waals surface area contributed by atoms with Crippen molar-refractivity contribution >= 4 is 29.1 Å². The molecular weight excluding hydrogens is 386 g/mol. The van der Waals surface area contributed by atoms with E-state index in [4.69, 9.17) is 11.6 Å². The van der Waals surface area contributed by atoms with Gasteiger partial charge in [0.1, 0.15) is 5.82 Å². The minimum Gasteiger partial charge on any atom is -0.362 e. The quantitative estimate of drug-likeness (QED) is 0.776. The van der Waals surface area contributed by atoms with Gasteiger partial charge >= 0.3 is 0 Å². The molecule has 6 heteroatoms. The Labute approximate surface area is 174 Å². The van der Waals surface area contributed by atoms with Gasteiger partial charge in [-0.05, 0) is 56.0 Å². The number of nitrogens with zero attached hydrogens (tertiary/aromatic N) is 1. The number of aryl methyl sites for hydroxylation is 1. The van der Waals surface area contributed by atoms with Crippen molar-refractivity contribution in [3.05, 3.63) is 81.3 Å². The zero-order valence-corrected chi connectivity index (χ0v) is 17.1. The summed E-state index contributed by atoms with van der Waals surface area (Å²) in [5, 5.41) is 6.77. The van der Waals surface area contributed by atoms with Gasteiger partial charge in [0.15, 0.2) is 5.78 Å².